The summed E-state index contributed by atoms with van der Waals surface area (Å²) in [5, 5.41) is 3.06. The van der Waals surface area contributed by atoms with E-state index in [0.717, 1.165) is 19.3 Å². The van der Waals surface area contributed by atoms with Crippen LogP contribution >= 0.6 is 0 Å². The van der Waals surface area contributed by atoms with Crippen molar-refractivity contribution in [3.63, 3.8) is 0 Å². The van der Waals surface area contributed by atoms with Crippen molar-refractivity contribution in [1.29, 1.82) is 0 Å². The molecule has 1 amide bonds. The molecule has 16 heavy (non-hydrogen) atoms. The Bertz CT molecular complexity index is 192. The summed E-state index contributed by atoms with van der Waals surface area (Å²) in [7, 11) is 0. The first kappa shape index (κ1) is 15.4. The lowest BCUT2D eigenvalue weighted by atomic mass is 10.0. The number of nitrogens with two attached hydrogens (primary N) is 1. The van der Waals surface area contributed by atoms with Gasteiger partial charge in [0.05, 0.1) is 0 Å². The average molecular weight is 228 g/mol. The molecule has 0 fully saturated rings. The molecule has 0 spiro atoms. The largest absolute Gasteiger partial charge is 0.353 e. The van der Waals surface area contributed by atoms with Gasteiger partial charge in [-0.05, 0) is 45.1 Å². The Morgan fingerprint density at radius 1 is 1.12 bits per heavy atom. The molecule has 0 aromatic carbocycles. The molecular formula is C13H28N2O. The molecule has 0 aromatic heterocycles. The molecule has 3 N–H and O–H groups in total. The molecule has 2 unspecified atom stereocenters. The van der Waals surface area contributed by atoms with Crippen molar-refractivity contribution in [3.05, 3.63) is 0 Å². The zero-order chi connectivity index (χ0) is 12.6. The predicted octanol–water partition coefficient (Wildman–Crippen LogP) is 2.30. The minimum absolute atomic E-state index is 0.0880. The molecule has 0 aliphatic carbocycles. The summed E-state index contributed by atoms with van der Waals surface area (Å²) in [6.45, 7) is 9.13. The van der Waals surface area contributed by atoms with Crippen LogP contribution in [0.1, 0.15) is 53.4 Å². The van der Waals surface area contributed by atoms with Crippen LogP contribution in [0.15, 0.2) is 0 Å². The molecular weight excluding hydrogens is 200 g/mol. The predicted molar refractivity (Wildman–Crippen MR) is 69.1 cm³/mol. The van der Waals surface area contributed by atoms with Crippen molar-refractivity contribution in [2.24, 2.45) is 17.6 Å². The molecule has 3 heteroatoms. The van der Waals surface area contributed by atoms with E-state index in [1.165, 1.54) is 6.42 Å². The number of hydrogen-bond donors (Lipinski definition) is 2. The quantitative estimate of drug-likeness (QED) is 0.670. The Kier molecular flexibility index (Phi) is 8.26. The third kappa shape index (κ3) is 7.69. The Hall–Kier alpha value is -0.570. The van der Waals surface area contributed by atoms with Crippen LogP contribution in [0.3, 0.4) is 0 Å². The highest BCUT2D eigenvalue weighted by Gasteiger charge is 2.14. The molecule has 2 atom stereocenters. The third-order valence-electron chi connectivity index (χ3n) is 2.85. The van der Waals surface area contributed by atoms with E-state index >= 15 is 0 Å². The van der Waals surface area contributed by atoms with Crippen LogP contribution in [-0.4, -0.2) is 18.5 Å². The van der Waals surface area contributed by atoms with Gasteiger partial charge in [-0.25, -0.2) is 0 Å². The fraction of sp³-hybridized carbons (Fsp3) is 0.923. The molecule has 0 heterocycles. The summed E-state index contributed by atoms with van der Waals surface area (Å²) < 4.78 is 0. The van der Waals surface area contributed by atoms with Gasteiger partial charge in [0.2, 0.25) is 5.91 Å². The van der Waals surface area contributed by atoms with E-state index in [2.05, 4.69) is 26.1 Å². The summed E-state index contributed by atoms with van der Waals surface area (Å²) in [6.07, 6.45) is 4.04. The van der Waals surface area contributed by atoms with Gasteiger partial charge in [0.15, 0.2) is 0 Å². The van der Waals surface area contributed by atoms with Gasteiger partial charge >= 0.3 is 0 Å². The smallest absolute Gasteiger partial charge is 0.223 e. The second-order valence-corrected chi connectivity index (χ2v) is 5.21. The highest BCUT2D eigenvalue weighted by atomic mass is 16.1. The number of amides is 1. The lowest BCUT2D eigenvalue weighted by molar-refractivity contribution is -0.125. The van der Waals surface area contributed by atoms with Crippen LogP contribution in [0.2, 0.25) is 0 Å². The first-order chi connectivity index (χ1) is 7.47. The first-order valence-corrected chi connectivity index (χ1v) is 6.47. The highest BCUT2D eigenvalue weighted by Crippen LogP contribution is 2.09. The number of carbonyl (C=O) groups excluding carboxylic acids is 1. The second kappa shape index (κ2) is 8.57. The zero-order valence-electron chi connectivity index (χ0n) is 11.3. The van der Waals surface area contributed by atoms with Crippen molar-refractivity contribution < 1.29 is 4.79 Å². The molecule has 96 valence electrons. The lowest BCUT2D eigenvalue weighted by Gasteiger charge is -2.18. The molecule has 0 radical (unpaired) electrons. The summed E-state index contributed by atoms with van der Waals surface area (Å²) in [5.41, 5.74) is 5.43. The van der Waals surface area contributed by atoms with Crippen LogP contribution < -0.4 is 11.1 Å². The Morgan fingerprint density at radius 2 is 1.75 bits per heavy atom. The van der Waals surface area contributed by atoms with E-state index < -0.39 is 0 Å². The van der Waals surface area contributed by atoms with Crippen molar-refractivity contribution in [2.45, 2.75) is 59.4 Å². The van der Waals surface area contributed by atoms with E-state index in [-0.39, 0.29) is 17.9 Å². The number of rotatable bonds is 8. The van der Waals surface area contributed by atoms with Crippen LogP contribution in [0.25, 0.3) is 0 Å². The van der Waals surface area contributed by atoms with Crippen LogP contribution in [0.5, 0.6) is 0 Å². The molecule has 0 rings (SSSR count). The molecule has 0 aromatic rings. The second-order valence-electron chi connectivity index (χ2n) is 5.21. The minimum atomic E-state index is 0.0880. The van der Waals surface area contributed by atoms with E-state index in [1.54, 1.807) is 0 Å². The Labute approximate surface area is 100 Å². The van der Waals surface area contributed by atoms with Gasteiger partial charge in [-0.2, -0.15) is 0 Å². The maximum Gasteiger partial charge on any atom is 0.223 e. The maximum atomic E-state index is 11.8. The summed E-state index contributed by atoms with van der Waals surface area (Å²) in [4.78, 5) is 11.8. The fourth-order valence-electron chi connectivity index (χ4n) is 1.60. The number of hydrogen-bond acceptors (Lipinski definition) is 2. The van der Waals surface area contributed by atoms with Crippen molar-refractivity contribution in [1.82, 2.24) is 5.32 Å². The molecule has 3 nitrogen and oxygen atoms in total. The van der Waals surface area contributed by atoms with Gasteiger partial charge in [-0.15, -0.1) is 0 Å². The fourth-order valence-corrected chi connectivity index (χ4v) is 1.60. The monoisotopic (exact) mass is 228 g/mol. The van der Waals surface area contributed by atoms with E-state index in [9.17, 15) is 4.79 Å². The van der Waals surface area contributed by atoms with E-state index in [4.69, 9.17) is 5.73 Å². The number of carbonyl (C=O) groups is 1. The minimum Gasteiger partial charge on any atom is -0.353 e. The SMILES string of the molecule is CC(C)CCC(C)NC(=O)C(C)CCCN. The molecule has 0 saturated carbocycles. The van der Waals surface area contributed by atoms with Gasteiger partial charge in [0.25, 0.3) is 0 Å². The van der Waals surface area contributed by atoms with Crippen LogP contribution in [0.4, 0.5) is 0 Å². The molecule has 0 aliphatic heterocycles. The first-order valence-electron chi connectivity index (χ1n) is 6.47. The van der Waals surface area contributed by atoms with Gasteiger partial charge in [0.1, 0.15) is 0 Å². The maximum absolute atomic E-state index is 11.8. The van der Waals surface area contributed by atoms with E-state index in [1.807, 2.05) is 6.92 Å². The molecule has 0 aliphatic rings. The standard InChI is InChI=1S/C13H28N2O/c1-10(2)7-8-12(4)15-13(16)11(3)6-5-9-14/h10-12H,5-9,14H2,1-4H3,(H,15,16). The Morgan fingerprint density at radius 3 is 2.25 bits per heavy atom. The Balaban J connectivity index is 3.76. The van der Waals surface area contributed by atoms with Crippen LogP contribution in [-0.2, 0) is 4.79 Å². The van der Waals surface area contributed by atoms with Crippen molar-refractivity contribution >= 4 is 5.91 Å². The van der Waals surface area contributed by atoms with Crippen molar-refractivity contribution in [3.8, 4) is 0 Å². The molecule has 0 bridgehead atoms. The van der Waals surface area contributed by atoms with Gasteiger partial charge in [0, 0.05) is 12.0 Å². The topological polar surface area (TPSA) is 55.1 Å². The number of nitrogens with one attached hydrogen (secondary N) is 1. The van der Waals surface area contributed by atoms with Gasteiger partial charge in [-0.3, -0.25) is 4.79 Å². The summed E-state index contributed by atoms with van der Waals surface area (Å²) in [5.74, 6) is 0.962. The molecule has 0 saturated heterocycles. The third-order valence-corrected chi connectivity index (χ3v) is 2.85. The van der Waals surface area contributed by atoms with Gasteiger partial charge in [-0.1, -0.05) is 20.8 Å². The lowest BCUT2D eigenvalue weighted by Crippen LogP contribution is -2.36. The average Bonchev–Trinajstić information content (AvgIpc) is 2.22. The normalized spacial score (nSPS) is 14.9. The van der Waals surface area contributed by atoms with Crippen LogP contribution in [0, 0.1) is 11.8 Å². The summed E-state index contributed by atoms with van der Waals surface area (Å²) >= 11 is 0. The van der Waals surface area contributed by atoms with Crippen molar-refractivity contribution in [2.75, 3.05) is 6.54 Å². The summed E-state index contributed by atoms with van der Waals surface area (Å²) in [6, 6.07) is 0.287. The van der Waals surface area contributed by atoms with E-state index in [0.29, 0.717) is 12.5 Å². The highest BCUT2D eigenvalue weighted by molar-refractivity contribution is 5.78. The van der Waals surface area contributed by atoms with Gasteiger partial charge < -0.3 is 11.1 Å². The zero-order valence-corrected chi connectivity index (χ0v) is 11.3.